The third-order valence-electron chi connectivity index (χ3n) is 2.07. The van der Waals surface area contributed by atoms with Crippen molar-refractivity contribution in [1.29, 1.82) is 0 Å². The van der Waals surface area contributed by atoms with Gasteiger partial charge in [-0.05, 0) is 33.6 Å². The molecule has 0 bridgehead atoms. The van der Waals surface area contributed by atoms with E-state index in [1.807, 2.05) is 29.8 Å². The van der Waals surface area contributed by atoms with Gasteiger partial charge in [-0.1, -0.05) is 17.7 Å². The number of nitrogens with one attached hydrogen (secondary N) is 1. The number of rotatable bonds is 4. The average molecular weight is 318 g/mol. The molecule has 2 nitrogen and oxygen atoms in total. The summed E-state index contributed by atoms with van der Waals surface area (Å²) in [6, 6.07) is 5.97. The summed E-state index contributed by atoms with van der Waals surface area (Å²) < 4.78 is 0.929. The van der Waals surface area contributed by atoms with E-state index < -0.39 is 0 Å². The van der Waals surface area contributed by atoms with Crippen LogP contribution in [0.2, 0.25) is 5.02 Å². The van der Waals surface area contributed by atoms with Crippen molar-refractivity contribution in [3.05, 3.63) is 49.8 Å². The number of hydrogen-bond acceptors (Lipinski definition) is 3. The van der Waals surface area contributed by atoms with Gasteiger partial charge in [0, 0.05) is 29.1 Å². The minimum absolute atomic E-state index is 0.744. The monoisotopic (exact) mass is 316 g/mol. The maximum atomic E-state index is 6.01. The van der Waals surface area contributed by atoms with Crippen molar-refractivity contribution < 1.29 is 0 Å². The Morgan fingerprint density at radius 2 is 2.25 bits per heavy atom. The number of thiazole rings is 1. The number of benzene rings is 1. The summed E-state index contributed by atoms with van der Waals surface area (Å²) in [4.78, 5) is 4.20. The fourth-order valence-corrected chi connectivity index (χ4v) is 2.34. The predicted octanol–water partition coefficient (Wildman–Crippen LogP) is 3.85. The van der Waals surface area contributed by atoms with Crippen LogP contribution in [0.4, 0.5) is 0 Å². The maximum Gasteiger partial charge on any atom is 0.106 e. The highest BCUT2D eigenvalue weighted by atomic mass is 79.9. The van der Waals surface area contributed by atoms with Crippen LogP contribution in [0, 0.1) is 0 Å². The molecule has 84 valence electrons. The summed E-state index contributed by atoms with van der Waals surface area (Å²) in [5, 5.41) is 7.15. The minimum Gasteiger partial charge on any atom is -0.306 e. The van der Waals surface area contributed by atoms with Gasteiger partial charge >= 0.3 is 0 Å². The van der Waals surface area contributed by atoms with Gasteiger partial charge in [-0.3, -0.25) is 0 Å². The summed E-state index contributed by atoms with van der Waals surface area (Å²) >= 11 is 11.0. The molecule has 2 rings (SSSR count). The van der Waals surface area contributed by atoms with Crippen LogP contribution < -0.4 is 5.32 Å². The zero-order valence-corrected chi connectivity index (χ0v) is 11.6. The first-order chi connectivity index (χ1) is 7.75. The molecule has 1 heterocycles. The molecule has 1 N–H and O–H groups in total. The van der Waals surface area contributed by atoms with Crippen LogP contribution in [0.3, 0.4) is 0 Å². The number of aromatic nitrogens is 1. The summed E-state index contributed by atoms with van der Waals surface area (Å²) in [5.74, 6) is 0. The molecule has 0 unspecified atom stereocenters. The van der Waals surface area contributed by atoms with E-state index in [2.05, 4.69) is 26.2 Å². The lowest BCUT2D eigenvalue weighted by Gasteiger charge is -2.04. The Bertz CT molecular complexity index is 459. The van der Waals surface area contributed by atoms with Gasteiger partial charge in [0.2, 0.25) is 0 Å². The van der Waals surface area contributed by atoms with Gasteiger partial charge in [0.25, 0.3) is 0 Å². The lowest BCUT2D eigenvalue weighted by Crippen LogP contribution is -2.12. The highest BCUT2D eigenvalue weighted by Crippen LogP contribution is 2.23. The minimum atomic E-state index is 0.744. The highest BCUT2D eigenvalue weighted by Gasteiger charge is 1.99. The molecule has 0 aliphatic rings. The van der Waals surface area contributed by atoms with E-state index in [1.165, 1.54) is 5.56 Å². The normalized spacial score (nSPS) is 10.6. The topological polar surface area (TPSA) is 24.9 Å². The van der Waals surface area contributed by atoms with E-state index in [0.29, 0.717) is 0 Å². The van der Waals surface area contributed by atoms with Crippen LogP contribution in [-0.4, -0.2) is 4.98 Å². The van der Waals surface area contributed by atoms with Crippen molar-refractivity contribution in [1.82, 2.24) is 10.3 Å². The van der Waals surface area contributed by atoms with Crippen LogP contribution in [0.25, 0.3) is 0 Å². The van der Waals surface area contributed by atoms with E-state index in [1.54, 1.807) is 11.3 Å². The summed E-state index contributed by atoms with van der Waals surface area (Å²) in [6.07, 6.45) is 1.82. The first-order valence-corrected chi connectivity index (χ1v) is 6.84. The Kier molecular flexibility index (Phi) is 4.35. The Hall–Kier alpha value is -0.420. The van der Waals surface area contributed by atoms with Gasteiger partial charge in [0.15, 0.2) is 0 Å². The molecule has 1 aromatic heterocycles. The second-order valence-electron chi connectivity index (χ2n) is 3.28. The molecule has 2 aromatic rings. The van der Waals surface area contributed by atoms with Gasteiger partial charge in [-0.2, -0.15) is 0 Å². The average Bonchev–Trinajstić information content (AvgIpc) is 2.76. The van der Waals surface area contributed by atoms with Crippen LogP contribution in [0.5, 0.6) is 0 Å². The first kappa shape index (κ1) is 12.0. The summed E-state index contributed by atoms with van der Waals surface area (Å²) in [5.41, 5.74) is 1.17. The van der Waals surface area contributed by atoms with Gasteiger partial charge in [-0.25, -0.2) is 4.98 Å². The fraction of sp³-hybridized carbons (Fsp3) is 0.182. The molecular weight excluding hydrogens is 308 g/mol. The highest BCUT2D eigenvalue weighted by molar-refractivity contribution is 9.10. The lowest BCUT2D eigenvalue weighted by molar-refractivity contribution is 0.690. The van der Waals surface area contributed by atoms with Crippen LogP contribution in [0.1, 0.15) is 10.6 Å². The Labute approximate surface area is 112 Å². The van der Waals surface area contributed by atoms with Crippen molar-refractivity contribution in [3.63, 3.8) is 0 Å². The molecule has 5 heteroatoms. The molecule has 16 heavy (non-hydrogen) atoms. The van der Waals surface area contributed by atoms with E-state index >= 15 is 0 Å². The van der Waals surface area contributed by atoms with E-state index in [4.69, 9.17) is 11.6 Å². The molecule has 0 radical (unpaired) electrons. The number of halogens is 2. The molecule has 1 aromatic carbocycles. The van der Waals surface area contributed by atoms with Crippen LogP contribution in [-0.2, 0) is 13.1 Å². The molecule has 0 aliphatic carbocycles. The summed E-state index contributed by atoms with van der Waals surface area (Å²) in [7, 11) is 0. The Morgan fingerprint density at radius 3 is 2.94 bits per heavy atom. The largest absolute Gasteiger partial charge is 0.306 e. The number of hydrogen-bond donors (Lipinski definition) is 1. The van der Waals surface area contributed by atoms with Gasteiger partial charge in [-0.15, -0.1) is 11.3 Å². The molecule has 0 atom stereocenters. The molecule has 0 fully saturated rings. The molecule has 0 aliphatic heterocycles. The van der Waals surface area contributed by atoms with Crippen LogP contribution >= 0.6 is 38.9 Å². The zero-order valence-electron chi connectivity index (χ0n) is 8.41. The predicted molar refractivity (Wildman–Crippen MR) is 71.8 cm³/mol. The quantitative estimate of drug-likeness (QED) is 0.926. The Morgan fingerprint density at radius 1 is 1.38 bits per heavy atom. The third-order valence-corrected chi connectivity index (χ3v) is 4.08. The molecular formula is C11H10BrClN2S. The van der Waals surface area contributed by atoms with Crippen molar-refractivity contribution in [2.45, 2.75) is 13.1 Å². The SMILES string of the molecule is Clc1cc(CNCc2nccs2)ccc1Br. The van der Waals surface area contributed by atoms with Crippen molar-refractivity contribution in [3.8, 4) is 0 Å². The third kappa shape index (κ3) is 3.28. The van der Waals surface area contributed by atoms with Gasteiger partial charge in [0.05, 0.1) is 5.02 Å². The van der Waals surface area contributed by atoms with Crippen LogP contribution in [0.15, 0.2) is 34.2 Å². The van der Waals surface area contributed by atoms with E-state index in [0.717, 1.165) is 27.6 Å². The Balaban J connectivity index is 1.87. The van der Waals surface area contributed by atoms with E-state index in [9.17, 15) is 0 Å². The molecule has 0 saturated heterocycles. The maximum absolute atomic E-state index is 6.01. The molecule has 0 amide bonds. The van der Waals surface area contributed by atoms with E-state index in [-0.39, 0.29) is 0 Å². The molecule has 0 saturated carbocycles. The fourth-order valence-electron chi connectivity index (χ4n) is 1.30. The van der Waals surface area contributed by atoms with Crippen molar-refractivity contribution in [2.24, 2.45) is 0 Å². The van der Waals surface area contributed by atoms with Gasteiger partial charge in [0.1, 0.15) is 5.01 Å². The first-order valence-electron chi connectivity index (χ1n) is 4.79. The summed E-state index contributed by atoms with van der Waals surface area (Å²) in [6.45, 7) is 1.60. The van der Waals surface area contributed by atoms with Crippen molar-refractivity contribution in [2.75, 3.05) is 0 Å². The lowest BCUT2D eigenvalue weighted by atomic mass is 10.2. The molecule has 0 spiro atoms. The van der Waals surface area contributed by atoms with Gasteiger partial charge < -0.3 is 5.32 Å². The standard InChI is InChI=1S/C11H10BrClN2S/c12-9-2-1-8(5-10(9)13)6-14-7-11-15-3-4-16-11/h1-5,14H,6-7H2. The second kappa shape index (κ2) is 5.77. The zero-order chi connectivity index (χ0) is 11.4. The number of nitrogens with zero attached hydrogens (tertiary/aromatic N) is 1. The second-order valence-corrected chi connectivity index (χ2v) is 5.52. The van der Waals surface area contributed by atoms with Crippen molar-refractivity contribution >= 4 is 38.9 Å². The smallest absolute Gasteiger partial charge is 0.106 e.